The molecule has 0 saturated carbocycles. The molecule has 0 bridgehead atoms. The monoisotopic (exact) mass is 431 g/mol. The highest BCUT2D eigenvalue weighted by molar-refractivity contribution is 7.25. The van der Waals surface area contributed by atoms with E-state index in [1.807, 2.05) is 24.3 Å². The van der Waals surface area contributed by atoms with E-state index < -0.39 is 5.82 Å². The maximum absolute atomic E-state index is 13.9. The summed E-state index contributed by atoms with van der Waals surface area (Å²) in [5.74, 6) is 0.0866. The summed E-state index contributed by atoms with van der Waals surface area (Å²) in [7, 11) is 0. The van der Waals surface area contributed by atoms with Crippen molar-refractivity contribution >= 4 is 59.8 Å². The Morgan fingerprint density at radius 2 is 1.93 bits per heavy atom. The molecule has 0 aliphatic heterocycles. The van der Waals surface area contributed by atoms with Gasteiger partial charge in [0.05, 0.1) is 31.9 Å². The Kier molecular flexibility index (Phi) is 5.91. The van der Waals surface area contributed by atoms with Crippen molar-refractivity contribution in [3.63, 3.8) is 0 Å². The fraction of sp³-hybridized carbons (Fsp3) is 0.238. The van der Waals surface area contributed by atoms with Crippen molar-refractivity contribution in [3.8, 4) is 0 Å². The highest BCUT2D eigenvalue weighted by Crippen LogP contribution is 2.36. The molecule has 0 saturated heterocycles. The van der Waals surface area contributed by atoms with Crippen LogP contribution in [-0.2, 0) is 0 Å². The van der Waals surface area contributed by atoms with Crippen LogP contribution in [0.1, 0.15) is 6.42 Å². The molecule has 4 aromatic rings. The molecule has 2 aromatic heterocycles. The van der Waals surface area contributed by atoms with Crippen LogP contribution in [0, 0.1) is 5.82 Å². The normalized spacial score (nSPS) is 11.6. The lowest BCUT2D eigenvalue weighted by Gasteiger charge is -2.12. The minimum absolute atomic E-state index is 0.104. The van der Waals surface area contributed by atoms with Gasteiger partial charge in [-0.15, -0.1) is 11.3 Å². The molecule has 0 atom stereocenters. The summed E-state index contributed by atoms with van der Waals surface area (Å²) < 4.78 is 15.2. The second-order valence-electron chi connectivity index (χ2n) is 6.63. The van der Waals surface area contributed by atoms with Crippen molar-refractivity contribution in [1.29, 1.82) is 0 Å². The highest BCUT2D eigenvalue weighted by Gasteiger charge is 2.17. The zero-order valence-electron chi connectivity index (χ0n) is 15.5. The summed E-state index contributed by atoms with van der Waals surface area (Å²) in [5, 5.41) is 17.0. The van der Waals surface area contributed by atoms with Crippen molar-refractivity contribution in [2.45, 2.75) is 6.42 Å². The molecule has 150 valence electrons. The Labute approximate surface area is 175 Å². The molecule has 2 aromatic carbocycles. The number of nitrogens with one attached hydrogen (secondary N) is 2. The van der Waals surface area contributed by atoms with Crippen LogP contribution in [0.3, 0.4) is 0 Å². The lowest BCUT2D eigenvalue weighted by Crippen LogP contribution is -2.21. The third kappa shape index (κ3) is 3.91. The van der Waals surface area contributed by atoms with E-state index in [-0.39, 0.29) is 22.4 Å². The molecule has 2 heterocycles. The van der Waals surface area contributed by atoms with Gasteiger partial charge in [0.1, 0.15) is 11.6 Å². The maximum Gasteiger partial charge on any atom is 0.196 e. The predicted octanol–water partition coefficient (Wildman–Crippen LogP) is 4.14. The van der Waals surface area contributed by atoms with Gasteiger partial charge in [-0.3, -0.25) is 4.79 Å². The molecular formula is C21H19ClFN3O2S. The van der Waals surface area contributed by atoms with E-state index in [1.165, 1.54) is 23.5 Å². The number of pyridine rings is 1. The van der Waals surface area contributed by atoms with Gasteiger partial charge in [-0.2, -0.15) is 0 Å². The van der Waals surface area contributed by atoms with E-state index in [1.54, 1.807) is 0 Å². The molecule has 0 unspecified atom stereocenters. The van der Waals surface area contributed by atoms with Gasteiger partial charge in [0.2, 0.25) is 0 Å². The number of aromatic nitrogens is 1. The average Bonchev–Trinajstić information content (AvgIpc) is 2.71. The molecule has 0 radical (unpaired) electrons. The molecule has 0 aliphatic carbocycles. The number of aliphatic hydroxyl groups is 1. The number of nitrogens with zero attached hydrogens (tertiary/aromatic N) is 1. The molecule has 0 amide bonds. The standard InChI is InChI=1S/C21H19ClFN3O2S/c22-15-11-12(23)10-14-18(28)17-13-4-1-2-5-16(13)26-21(20(17)29-19(14)15)25-7-3-6-24-8-9-27/h1-2,4-5,10-11,24,27H,3,6-9H2,(H,25,26). The van der Waals surface area contributed by atoms with Crippen LogP contribution < -0.4 is 16.1 Å². The van der Waals surface area contributed by atoms with Gasteiger partial charge in [-0.05, 0) is 31.2 Å². The van der Waals surface area contributed by atoms with E-state index >= 15 is 0 Å². The summed E-state index contributed by atoms with van der Waals surface area (Å²) in [6, 6.07) is 9.91. The van der Waals surface area contributed by atoms with Crippen LogP contribution in [0.4, 0.5) is 10.2 Å². The van der Waals surface area contributed by atoms with Crippen LogP contribution in [0.15, 0.2) is 41.2 Å². The van der Waals surface area contributed by atoms with E-state index in [4.69, 9.17) is 21.7 Å². The van der Waals surface area contributed by atoms with Gasteiger partial charge >= 0.3 is 0 Å². The van der Waals surface area contributed by atoms with E-state index in [2.05, 4.69) is 10.6 Å². The van der Waals surface area contributed by atoms with Crippen molar-refractivity contribution < 1.29 is 9.50 Å². The second kappa shape index (κ2) is 8.59. The Morgan fingerprint density at radius 1 is 1.10 bits per heavy atom. The first kappa shape index (κ1) is 20.0. The van der Waals surface area contributed by atoms with E-state index in [0.717, 1.165) is 18.4 Å². The van der Waals surface area contributed by atoms with Gasteiger partial charge in [0.15, 0.2) is 5.43 Å². The first-order chi connectivity index (χ1) is 14.1. The SMILES string of the molecule is O=c1c2cc(F)cc(Cl)c2sc2c(NCCCNCCO)nc3ccccc3c12. The van der Waals surface area contributed by atoms with Crippen molar-refractivity contribution in [2.75, 3.05) is 31.6 Å². The number of anilines is 1. The van der Waals surface area contributed by atoms with Crippen molar-refractivity contribution in [3.05, 3.63) is 57.5 Å². The Balaban J connectivity index is 1.87. The minimum atomic E-state index is -0.529. The molecule has 5 nitrogen and oxygen atoms in total. The molecule has 4 rings (SSSR count). The van der Waals surface area contributed by atoms with E-state index in [9.17, 15) is 9.18 Å². The Morgan fingerprint density at radius 3 is 2.76 bits per heavy atom. The topological polar surface area (TPSA) is 74.2 Å². The zero-order chi connectivity index (χ0) is 20.4. The van der Waals surface area contributed by atoms with Gasteiger partial charge in [-0.1, -0.05) is 29.8 Å². The van der Waals surface area contributed by atoms with Crippen molar-refractivity contribution in [1.82, 2.24) is 10.3 Å². The summed E-state index contributed by atoms with van der Waals surface area (Å²) in [5.41, 5.74) is 0.452. The number of benzene rings is 2. The van der Waals surface area contributed by atoms with Gasteiger partial charge in [0, 0.05) is 23.9 Å². The molecule has 3 N–H and O–H groups in total. The molecule has 0 aliphatic rings. The van der Waals surface area contributed by atoms with Crippen molar-refractivity contribution in [2.24, 2.45) is 0 Å². The summed E-state index contributed by atoms with van der Waals surface area (Å²) in [6.07, 6.45) is 0.824. The molecule has 0 fully saturated rings. The molecule has 29 heavy (non-hydrogen) atoms. The first-order valence-electron chi connectivity index (χ1n) is 9.30. The fourth-order valence-electron chi connectivity index (χ4n) is 3.33. The second-order valence-corrected chi connectivity index (χ2v) is 8.06. The van der Waals surface area contributed by atoms with Gasteiger partial charge < -0.3 is 15.7 Å². The lowest BCUT2D eigenvalue weighted by molar-refractivity contribution is 0.292. The minimum Gasteiger partial charge on any atom is -0.395 e. The summed E-state index contributed by atoms with van der Waals surface area (Å²) >= 11 is 7.58. The van der Waals surface area contributed by atoms with Crippen LogP contribution in [0.5, 0.6) is 0 Å². The van der Waals surface area contributed by atoms with E-state index in [0.29, 0.717) is 39.2 Å². The Hall–Kier alpha value is -2.32. The Bertz CT molecular complexity index is 1260. The maximum atomic E-state index is 13.9. The molecular weight excluding hydrogens is 413 g/mol. The third-order valence-electron chi connectivity index (χ3n) is 4.64. The van der Waals surface area contributed by atoms with Gasteiger partial charge in [-0.25, -0.2) is 9.37 Å². The third-order valence-corrected chi connectivity index (χ3v) is 6.30. The van der Waals surface area contributed by atoms with Crippen LogP contribution >= 0.6 is 22.9 Å². The first-order valence-corrected chi connectivity index (χ1v) is 10.5. The number of hydrogen-bond acceptors (Lipinski definition) is 6. The number of rotatable bonds is 7. The fourth-order valence-corrected chi connectivity index (χ4v) is 4.80. The zero-order valence-corrected chi connectivity index (χ0v) is 17.0. The van der Waals surface area contributed by atoms with Gasteiger partial charge in [0.25, 0.3) is 0 Å². The summed E-state index contributed by atoms with van der Waals surface area (Å²) in [6.45, 7) is 2.06. The predicted molar refractivity (Wildman–Crippen MR) is 119 cm³/mol. The number of para-hydroxylation sites is 1. The van der Waals surface area contributed by atoms with Crippen LogP contribution in [0.2, 0.25) is 5.02 Å². The number of halogens is 2. The number of fused-ring (bicyclic) bond motifs is 4. The summed E-state index contributed by atoms with van der Waals surface area (Å²) in [4.78, 5) is 18.0. The average molecular weight is 432 g/mol. The molecule has 0 spiro atoms. The van der Waals surface area contributed by atoms with Crippen LogP contribution in [-0.4, -0.2) is 36.3 Å². The lowest BCUT2D eigenvalue weighted by atomic mass is 10.1. The van der Waals surface area contributed by atoms with Crippen LogP contribution in [0.25, 0.3) is 31.1 Å². The highest BCUT2D eigenvalue weighted by atomic mass is 35.5. The smallest absolute Gasteiger partial charge is 0.196 e. The largest absolute Gasteiger partial charge is 0.395 e. The number of aliphatic hydroxyl groups excluding tert-OH is 1. The quantitative estimate of drug-likeness (QED) is 0.233. The number of hydrogen-bond donors (Lipinski definition) is 3. The molecule has 8 heteroatoms.